The van der Waals surface area contributed by atoms with Gasteiger partial charge in [0.25, 0.3) is 0 Å². The van der Waals surface area contributed by atoms with Crippen LogP contribution in [0, 0.1) is 5.82 Å². The number of carbonyl (C=O) groups is 1. The van der Waals surface area contributed by atoms with E-state index >= 15 is 0 Å². The number of pyridine rings is 1. The van der Waals surface area contributed by atoms with Gasteiger partial charge >= 0.3 is 0 Å². The van der Waals surface area contributed by atoms with Crippen LogP contribution in [-0.2, 0) is 13.0 Å². The summed E-state index contributed by atoms with van der Waals surface area (Å²) in [5.41, 5.74) is 2.14. The predicted molar refractivity (Wildman–Crippen MR) is 89.4 cm³/mol. The number of Topliss-reactive ketones (excluding diaryl/α,β-unsaturated/α-hetero) is 1. The molecule has 0 saturated heterocycles. The zero-order chi connectivity index (χ0) is 17.2. The van der Waals surface area contributed by atoms with E-state index in [1.54, 1.807) is 6.20 Å². The molecule has 3 heterocycles. The van der Waals surface area contributed by atoms with Gasteiger partial charge in [-0.2, -0.15) is 0 Å². The molecule has 0 atom stereocenters. The molecule has 5 nitrogen and oxygen atoms in total. The highest BCUT2D eigenvalue weighted by molar-refractivity contribution is 5.97. The number of hydrogen-bond donors (Lipinski definition) is 0. The zero-order valence-electron chi connectivity index (χ0n) is 13.5. The molecule has 4 rings (SSSR count). The monoisotopic (exact) mass is 337 g/mol. The number of ketones is 1. The normalized spacial score (nSPS) is 14.3. The van der Waals surface area contributed by atoms with Crippen LogP contribution in [0.4, 0.5) is 4.39 Å². The first-order valence-electron chi connectivity index (χ1n) is 8.10. The predicted octanol–water partition coefficient (Wildman–Crippen LogP) is 3.12. The Morgan fingerprint density at radius 1 is 1.20 bits per heavy atom. The molecule has 6 heteroatoms. The van der Waals surface area contributed by atoms with Crippen molar-refractivity contribution in [3.8, 4) is 11.6 Å². The summed E-state index contributed by atoms with van der Waals surface area (Å²) >= 11 is 0. The molecule has 1 aliphatic rings. The summed E-state index contributed by atoms with van der Waals surface area (Å²) in [4.78, 5) is 23.1. The average molecular weight is 337 g/mol. The van der Waals surface area contributed by atoms with Crippen molar-refractivity contribution in [3.05, 3.63) is 71.5 Å². The van der Waals surface area contributed by atoms with Crippen LogP contribution < -0.4 is 0 Å². The van der Waals surface area contributed by atoms with Crippen LogP contribution in [0.5, 0.6) is 0 Å². The molecule has 0 unspecified atom stereocenters. The van der Waals surface area contributed by atoms with Gasteiger partial charge in [-0.25, -0.2) is 9.37 Å². The number of fused-ring (bicyclic) bond motifs is 1. The van der Waals surface area contributed by atoms with E-state index in [1.807, 2.05) is 23.1 Å². The molecule has 0 saturated carbocycles. The van der Waals surface area contributed by atoms with Crippen molar-refractivity contribution in [3.63, 3.8) is 0 Å². The third-order valence-corrected chi connectivity index (χ3v) is 4.23. The summed E-state index contributed by atoms with van der Waals surface area (Å²) in [5, 5.41) is 0. The first-order valence-corrected chi connectivity index (χ1v) is 8.10. The first-order chi connectivity index (χ1) is 12.2. The standard InChI is InChI=1S/C19H16FN3O2/c20-14-6-4-13(5-7-14)17(24)11-23-10-8-15-18(12-23)25-19(22-15)16-3-1-2-9-21-16/h1-7,9H,8,10-12H2. The summed E-state index contributed by atoms with van der Waals surface area (Å²) in [6, 6.07) is 11.2. The number of hydrogen-bond acceptors (Lipinski definition) is 5. The van der Waals surface area contributed by atoms with Gasteiger partial charge in [-0.3, -0.25) is 14.7 Å². The quantitative estimate of drug-likeness (QED) is 0.685. The SMILES string of the molecule is O=C(CN1CCc2nc(-c3ccccn3)oc2C1)c1ccc(F)cc1. The van der Waals surface area contributed by atoms with Gasteiger partial charge in [-0.1, -0.05) is 6.07 Å². The van der Waals surface area contributed by atoms with Gasteiger partial charge in [-0.05, 0) is 36.4 Å². The van der Waals surface area contributed by atoms with Crippen molar-refractivity contribution < 1.29 is 13.6 Å². The number of benzene rings is 1. The Labute approximate surface area is 144 Å². The lowest BCUT2D eigenvalue weighted by molar-refractivity contribution is 0.0914. The molecule has 0 fully saturated rings. The van der Waals surface area contributed by atoms with Crippen molar-refractivity contribution in [1.29, 1.82) is 0 Å². The van der Waals surface area contributed by atoms with Crippen LogP contribution in [0.25, 0.3) is 11.6 Å². The molecule has 25 heavy (non-hydrogen) atoms. The summed E-state index contributed by atoms with van der Waals surface area (Å²) < 4.78 is 18.8. The number of aromatic nitrogens is 2. The highest BCUT2D eigenvalue weighted by Crippen LogP contribution is 2.25. The third-order valence-electron chi connectivity index (χ3n) is 4.23. The Hall–Kier alpha value is -2.86. The van der Waals surface area contributed by atoms with E-state index < -0.39 is 0 Å². The highest BCUT2D eigenvalue weighted by atomic mass is 19.1. The van der Waals surface area contributed by atoms with Gasteiger partial charge in [-0.15, -0.1) is 0 Å². The molecule has 0 aliphatic carbocycles. The Balaban J connectivity index is 1.47. The maximum Gasteiger partial charge on any atom is 0.245 e. The van der Waals surface area contributed by atoms with E-state index in [0.29, 0.717) is 23.7 Å². The Kier molecular flexibility index (Phi) is 4.11. The first kappa shape index (κ1) is 15.7. The second-order valence-electron chi connectivity index (χ2n) is 5.99. The van der Waals surface area contributed by atoms with Crippen LogP contribution in [0.15, 0.2) is 53.1 Å². The zero-order valence-corrected chi connectivity index (χ0v) is 13.5. The van der Waals surface area contributed by atoms with Gasteiger partial charge in [0.15, 0.2) is 5.78 Å². The van der Waals surface area contributed by atoms with E-state index in [0.717, 1.165) is 24.4 Å². The lowest BCUT2D eigenvalue weighted by atomic mass is 10.1. The van der Waals surface area contributed by atoms with Crippen molar-refractivity contribution in [2.75, 3.05) is 13.1 Å². The number of nitrogens with zero attached hydrogens (tertiary/aromatic N) is 3. The lowest BCUT2D eigenvalue weighted by Crippen LogP contribution is -2.34. The van der Waals surface area contributed by atoms with E-state index in [4.69, 9.17) is 4.42 Å². The second kappa shape index (κ2) is 6.57. The maximum absolute atomic E-state index is 13.0. The maximum atomic E-state index is 13.0. The van der Waals surface area contributed by atoms with E-state index in [9.17, 15) is 9.18 Å². The lowest BCUT2D eigenvalue weighted by Gasteiger charge is -2.24. The van der Waals surface area contributed by atoms with Gasteiger partial charge in [0.05, 0.1) is 18.8 Å². The van der Waals surface area contributed by atoms with Gasteiger partial charge in [0.1, 0.15) is 17.3 Å². The molecular formula is C19H16FN3O2. The molecule has 126 valence electrons. The molecule has 0 N–H and O–H groups in total. The van der Waals surface area contributed by atoms with Crippen LogP contribution in [0.2, 0.25) is 0 Å². The van der Waals surface area contributed by atoms with Crippen LogP contribution in [0.3, 0.4) is 0 Å². The fourth-order valence-corrected chi connectivity index (χ4v) is 2.91. The molecule has 1 aliphatic heterocycles. The van der Waals surface area contributed by atoms with Crippen molar-refractivity contribution in [2.24, 2.45) is 0 Å². The molecule has 0 amide bonds. The molecule has 0 bridgehead atoms. The van der Waals surface area contributed by atoms with Crippen molar-refractivity contribution >= 4 is 5.78 Å². The fourth-order valence-electron chi connectivity index (χ4n) is 2.91. The minimum absolute atomic E-state index is 0.0343. The summed E-state index contributed by atoms with van der Waals surface area (Å²) in [6.45, 7) is 1.53. The highest BCUT2D eigenvalue weighted by Gasteiger charge is 2.24. The van der Waals surface area contributed by atoms with Crippen LogP contribution in [-0.4, -0.2) is 33.7 Å². The van der Waals surface area contributed by atoms with Gasteiger partial charge in [0, 0.05) is 24.7 Å². The molecule has 2 aromatic heterocycles. The second-order valence-corrected chi connectivity index (χ2v) is 5.99. The van der Waals surface area contributed by atoms with Gasteiger partial charge < -0.3 is 4.42 Å². The van der Waals surface area contributed by atoms with E-state index in [-0.39, 0.29) is 18.1 Å². The topological polar surface area (TPSA) is 59.2 Å². The minimum Gasteiger partial charge on any atom is -0.438 e. The molecular weight excluding hydrogens is 321 g/mol. The molecule has 0 spiro atoms. The number of halogens is 1. The van der Waals surface area contributed by atoms with Gasteiger partial charge in [0.2, 0.25) is 5.89 Å². The Morgan fingerprint density at radius 3 is 2.80 bits per heavy atom. The largest absolute Gasteiger partial charge is 0.438 e. The Bertz CT molecular complexity index is 891. The Morgan fingerprint density at radius 2 is 2.04 bits per heavy atom. The summed E-state index contributed by atoms with van der Waals surface area (Å²) in [7, 11) is 0. The minimum atomic E-state index is -0.345. The van der Waals surface area contributed by atoms with E-state index in [1.165, 1.54) is 24.3 Å². The van der Waals surface area contributed by atoms with Crippen LogP contribution >= 0.6 is 0 Å². The average Bonchev–Trinajstić information content (AvgIpc) is 3.06. The third kappa shape index (κ3) is 3.34. The molecule has 1 aromatic carbocycles. The number of carbonyl (C=O) groups excluding carboxylic acids is 1. The number of oxazole rings is 1. The summed E-state index contributed by atoms with van der Waals surface area (Å²) in [5.74, 6) is 0.909. The molecule has 3 aromatic rings. The summed E-state index contributed by atoms with van der Waals surface area (Å²) in [6.07, 6.45) is 2.43. The fraction of sp³-hybridized carbons (Fsp3) is 0.211. The van der Waals surface area contributed by atoms with Crippen LogP contribution in [0.1, 0.15) is 21.8 Å². The van der Waals surface area contributed by atoms with Crippen molar-refractivity contribution in [1.82, 2.24) is 14.9 Å². The van der Waals surface area contributed by atoms with Crippen molar-refractivity contribution in [2.45, 2.75) is 13.0 Å². The smallest absolute Gasteiger partial charge is 0.245 e. The molecule has 0 radical (unpaired) electrons. The number of rotatable bonds is 4. The van der Waals surface area contributed by atoms with E-state index in [2.05, 4.69) is 9.97 Å².